The Labute approximate surface area is 208 Å². The van der Waals surface area contributed by atoms with Gasteiger partial charge in [0, 0.05) is 38.6 Å². The summed E-state index contributed by atoms with van der Waals surface area (Å²) in [6.45, 7) is 13.9. The lowest BCUT2D eigenvalue weighted by atomic mass is 10.0. The maximum Gasteiger partial charge on any atom is 0.226 e. The lowest BCUT2D eigenvalue weighted by molar-refractivity contribution is -0.116. The fraction of sp³-hybridized carbons (Fsp3) is 0.636. The quantitative estimate of drug-likeness (QED) is 0.243. The highest BCUT2D eigenvalue weighted by Gasteiger charge is 2.23. The molecule has 176 valence electrons. The molecule has 7 nitrogen and oxygen atoms in total. The zero-order chi connectivity index (χ0) is 21.9. The van der Waals surface area contributed by atoms with Gasteiger partial charge in [-0.05, 0) is 37.5 Å². The number of rotatable bonds is 9. The van der Waals surface area contributed by atoms with Crippen molar-refractivity contribution >= 4 is 53.1 Å². The van der Waals surface area contributed by atoms with Gasteiger partial charge in [-0.25, -0.2) is 0 Å². The summed E-state index contributed by atoms with van der Waals surface area (Å²) in [4.78, 5) is 19.5. The zero-order valence-electron chi connectivity index (χ0n) is 19.0. The van der Waals surface area contributed by atoms with E-state index in [1.807, 2.05) is 32.0 Å². The number of carbonyl (C=O) groups is 1. The number of hydrogen-bond acceptors (Lipinski definition) is 4. The Kier molecular flexibility index (Phi) is 13.4. The largest absolute Gasteiger partial charge is 0.379 e. The highest BCUT2D eigenvalue weighted by molar-refractivity contribution is 14.0. The van der Waals surface area contributed by atoms with Crippen molar-refractivity contribution in [3.8, 4) is 0 Å². The SMILES string of the molecule is CCNC(=NCC(C(C)C)N1CCOCC1)NCCC(=O)Nc1ccc(C)cc1Cl.I. The predicted molar refractivity (Wildman–Crippen MR) is 140 cm³/mol. The minimum Gasteiger partial charge on any atom is -0.379 e. The molecule has 1 heterocycles. The lowest BCUT2D eigenvalue weighted by Crippen LogP contribution is -2.48. The topological polar surface area (TPSA) is 78.0 Å². The number of amides is 1. The lowest BCUT2D eigenvalue weighted by Gasteiger charge is -2.36. The van der Waals surface area contributed by atoms with Crippen LogP contribution in [0.1, 0.15) is 32.8 Å². The van der Waals surface area contributed by atoms with E-state index >= 15 is 0 Å². The van der Waals surface area contributed by atoms with Crippen molar-refractivity contribution in [1.82, 2.24) is 15.5 Å². The maximum atomic E-state index is 12.3. The number of morpholine rings is 1. The third kappa shape index (κ3) is 9.93. The number of aryl methyl sites for hydroxylation is 1. The Balaban J connectivity index is 0.00000480. The fourth-order valence-corrected chi connectivity index (χ4v) is 3.69. The molecule has 0 aromatic heterocycles. The van der Waals surface area contributed by atoms with Crippen molar-refractivity contribution in [3.63, 3.8) is 0 Å². The highest BCUT2D eigenvalue weighted by Crippen LogP contribution is 2.22. The average molecular weight is 566 g/mol. The molecule has 1 saturated heterocycles. The molecule has 3 N–H and O–H groups in total. The summed E-state index contributed by atoms with van der Waals surface area (Å²) in [7, 11) is 0. The van der Waals surface area contributed by atoms with Crippen LogP contribution in [0.25, 0.3) is 0 Å². The minimum absolute atomic E-state index is 0. The van der Waals surface area contributed by atoms with Crippen LogP contribution >= 0.6 is 35.6 Å². The van der Waals surface area contributed by atoms with E-state index in [2.05, 4.69) is 34.7 Å². The molecular formula is C22H37ClIN5O2. The van der Waals surface area contributed by atoms with Crippen molar-refractivity contribution in [2.75, 3.05) is 51.3 Å². The third-order valence-corrected chi connectivity index (χ3v) is 5.42. The van der Waals surface area contributed by atoms with E-state index in [-0.39, 0.29) is 29.9 Å². The van der Waals surface area contributed by atoms with Crippen molar-refractivity contribution in [2.24, 2.45) is 10.9 Å². The third-order valence-electron chi connectivity index (χ3n) is 5.11. The summed E-state index contributed by atoms with van der Waals surface area (Å²) < 4.78 is 5.48. The van der Waals surface area contributed by atoms with E-state index in [0.717, 1.165) is 44.4 Å². The number of ether oxygens (including phenoxy) is 1. The molecule has 0 aliphatic carbocycles. The van der Waals surface area contributed by atoms with Crippen LogP contribution in [0.4, 0.5) is 5.69 Å². The number of carbonyl (C=O) groups excluding carboxylic acids is 1. The number of benzene rings is 1. The second-order valence-corrected chi connectivity index (χ2v) is 8.29. The molecule has 31 heavy (non-hydrogen) atoms. The summed E-state index contributed by atoms with van der Waals surface area (Å²) in [5.74, 6) is 1.15. The van der Waals surface area contributed by atoms with E-state index in [4.69, 9.17) is 21.3 Å². The first-order valence-corrected chi connectivity index (χ1v) is 11.2. The Hall–Kier alpha value is -1.10. The van der Waals surface area contributed by atoms with Gasteiger partial charge < -0.3 is 20.7 Å². The number of nitrogens with one attached hydrogen (secondary N) is 3. The van der Waals surface area contributed by atoms with Gasteiger partial charge in [0.15, 0.2) is 5.96 Å². The summed E-state index contributed by atoms with van der Waals surface area (Å²) >= 11 is 6.19. The van der Waals surface area contributed by atoms with Gasteiger partial charge in [-0.1, -0.05) is 31.5 Å². The highest BCUT2D eigenvalue weighted by atomic mass is 127. The van der Waals surface area contributed by atoms with Crippen LogP contribution in [-0.4, -0.2) is 68.7 Å². The first-order valence-electron chi connectivity index (χ1n) is 10.8. The van der Waals surface area contributed by atoms with E-state index in [0.29, 0.717) is 42.2 Å². The van der Waals surface area contributed by atoms with Gasteiger partial charge in [0.05, 0.1) is 30.5 Å². The number of halogens is 2. The number of nitrogens with zero attached hydrogens (tertiary/aromatic N) is 2. The van der Waals surface area contributed by atoms with E-state index < -0.39 is 0 Å². The molecule has 1 atom stereocenters. The Morgan fingerprint density at radius 2 is 1.97 bits per heavy atom. The Morgan fingerprint density at radius 3 is 2.58 bits per heavy atom. The van der Waals surface area contributed by atoms with Crippen molar-refractivity contribution < 1.29 is 9.53 Å². The second-order valence-electron chi connectivity index (χ2n) is 7.89. The summed E-state index contributed by atoms with van der Waals surface area (Å²) in [6.07, 6.45) is 0.325. The van der Waals surface area contributed by atoms with Crippen LogP contribution in [0.3, 0.4) is 0 Å². The summed E-state index contributed by atoms with van der Waals surface area (Å²) in [6, 6.07) is 5.96. The number of hydrogen-bond donors (Lipinski definition) is 3. The number of anilines is 1. The smallest absolute Gasteiger partial charge is 0.226 e. The van der Waals surface area contributed by atoms with E-state index in [1.54, 1.807) is 0 Å². The normalized spacial score (nSPS) is 15.9. The van der Waals surface area contributed by atoms with Gasteiger partial charge in [0.25, 0.3) is 0 Å². The second kappa shape index (κ2) is 14.9. The minimum atomic E-state index is -0.0857. The van der Waals surface area contributed by atoms with E-state index in [1.165, 1.54) is 0 Å². The molecule has 1 aliphatic heterocycles. The molecule has 1 amide bonds. The van der Waals surface area contributed by atoms with E-state index in [9.17, 15) is 4.79 Å². The number of guanidine groups is 1. The van der Waals surface area contributed by atoms with Gasteiger partial charge in [-0.3, -0.25) is 14.7 Å². The Bertz CT molecular complexity index is 711. The van der Waals surface area contributed by atoms with Crippen LogP contribution in [0.2, 0.25) is 5.02 Å². The molecule has 1 aromatic rings. The molecule has 1 aliphatic rings. The summed E-state index contributed by atoms with van der Waals surface area (Å²) in [5, 5.41) is 9.93. The van der Waals surface area contributed by atoms with Crippen molar-refractivity contribution in [3.05, 3.63) is 28.8 Å². The maximum absolute atomic E-state index is 12.3. The van der Waals surface area contributed by atoms with Crippen LogP contribution in [-0.2, 0) is 9.53 Å². The fourth-order valence-electron chi connectivity index (χ4n) is 3.41. The predicted octanol–water partition coefficient (Wildman–Crippen LogP) is 3.51. The molecule has 0 spiro atoms. The molecule has 2 rings (SSSR count). The molecule has 9 heteroatoms. The standard InChI is InChI=1S/C22H36ClN5O2.HI/c1-5-24-22(26-15-20(16(2)3)28-10-12-30-13-11-28)25-9-8-21(29)27-19-7-6-17(4)14-18(19)23;/h6-7,14,16,20H,5,8-13,15H2,1-4H3,(H,27,29)(H2,24,25,26);1H. The van der Waals surface area contributed by atoms with Crippen LogP contribution in [0.5, 0.6) is 0 Å². The zero-order valence-corrected chi connectivity index (χ0v) is 22.1. The van der Waals surface area contributed by atoms with Gasteiger partial charge in [-0.2, -0.15) is 0 Å². The van der Waals surface area contributed by atoms with Crippen molar-refractivity contribution in [2.45, 2.75) is 40.2 Å². The van der Waals surface area contributed by atoms with Gasteiger partial charge in [-0.15, -0.1) is 24.0 Å². The van der Waals surface area contributed by atoms with Crippen LogP contribution in [0.15, 0.2) is 23.2 Å². The first-order chi connectivity index (χ1) is 14.4. The number of aliphatic imine (C=N–C) groups is 1. The van der Waals surface area contributed by atoms with Gasteiger partial charge in [0.2, 0.25) is 5.91 Å². The molecular weight excluding hydrogens is 529 g/mol. The molecule has 1 fully saturated rings. The monoisotopic (exact) mass is 565 g/mol. The molecule has 0 saturated carbocycles. The molecule has 1 aromatic carbocycles. The van der Waals surface area contributed by atoms with Crippen LogP contribution < -0.4 is 16.0 Å². The molecule has 0 bridgehead atoms. The summed E-state index contributed by atoms with van der Waals surface area (Å²) in [5.41, 5.74) is 1.70. The van der Waals surface area contributed by atoms with Crippen LogP contribution in [0, 0.1) is 12.8 Å². The van der Waals surface area contributed by atoms with Gasteiger partial charge >= 0.3 is 0 Å². The average Bonchev–Trinajstić information content (AvgIpc) is 2.71. The molecule has 1 unspecified atom stereocenters. The molecule has 0 radical (unpaired) electrons. The van der Waals surface area contributed by atoms with Gasteiger partial charge in [0.1, 0.15) is 0 Å². The first kappa shape index (κ1) is 27.9. The Morgan fingerprint density at radius 1 is 1.26 bits per heavy atom. The van der Waals surface area contributed by atoms with Crippen molar-refractivity contribution in [1.29, 1.82) is 0 Å².